The summed E-state index contributed by atoms with van der Waals surface area (Å²) in [6.07, 6.45) is 7.63. The van der Waals surface area contributed by atoms with Crippen molar-refractivity contribution in [3.8, 4) is 11.5 Å². The summed E-state index contributed by atoms with van der Waals surface area (Å²) in [7, 11) is 5.38. The van der Waals surface area contributed by atoms with E-state index in [-0.39, 0.29) is 11.5 Å². The third kappa shape index (κ3) is 3.23. The molecule has 3 aliphatic rings. The second-order valence-electron chi connectivity index (χ2n) is 9.22. The van der Waals surface area contributed by atoms with Gasteiger partial charge in [0.25, 0.3) is 0 Å². The van der Waals surface area contributed by atoms with Crippen molar-refractivity contribution in [3.05, 3.63) is 23.3 Å². The van der Waals surface area contributed by atoms with E-state index in [1.807, 2.05) is 7.11 Å². The minimum absolute atomic E-state index is 0.0996. The molecule has 4 unspecified atom stereocenters. The fourth-order valence-electron chi connectivity index (χ4n) is 6.28. The van der Waals surface area contributed by atoms with Crippen LogP contribution in [0.2, 0.25) is 0 Å². The van der Waals surface area contributed by atoms with Gasteiger partial charge in [-0.1, -0.05) is 19.4 Å². The molecule has 1 heterocycles. The zero-order valence-corrected chi connectivity index (χ0v) is 18.3. The molecule has 2 fully saturated rings. The maximum Gasteiger partial charge on any atom is 0.164 e. The molecule has 2 aliphatic carbocycles. The number of methoxy groups -OCH3 is 3. The topological polar surface area (TPSA) is 30.9 Å². The molecule has 1 aromatic rings. The fraction of sp³-hybridized carbons (Fsp3) is 0.750. The predicted molar refractivity (Wildman–Crippen MR) is 112 cm³/mol. The first-order valence-electron chi connectivity index (χ1n) is 11.1. The lowest BCUT2D eigenvalue weighted by Gasteiger charge is -2.58. The van der Waals surface area contributed by atoms with Crippen LogP contribution in [-0.4, -0.2) is 51.5 Å². The Balaban J connectivity index is 1.84. The highest BCUT2D eigenvalue weighted by Gasteiger charge is 2.54. The first-order valence-corrected chi connectivity index (χ1v) is 11.1. The quantitative estimate of drug-likeness (QED) is 0.660. The maximum absolute atomic E-state index is 5.98. The molecule has 1 aliphatic heterocycles. The summed E-state index contributed by atoms with van der Waals surface area (Å²) in [5.74, 6) is 3.39. The van der Waals surface area contributed by atoms with E-state index >= 15 is 0 Å². The van der Waals surface area contributed by atoms with Crippen molar-refractivity contribution in [3.63, 3.8) is 0 Å². The number of hydrogen-bond acceptors (Lipinski definition) is 4. The molecule has 4 heteroatoms. The molecule has 4 nitrogen and oxygen atoms in total. The van der Waals surface area contributed by atoms with Crippen molar-refractivity contribution < 1.29 is 14.2 Å². The molecule has 0 spiro atoms. The molecule has 1 aromatic carbocycles. The van der Waals surface area contributed by atoms with Gasteiger partial charge in [0.1, 0.15) is 0 Å². The van der Waals surface area contributed by atoms with Gasteiger partial charge in [0, 0.05) is 30.7 Å². The number of benzene rings is 1. The second-order valence-corrected chi connectivity index (χ2v) is 9.22. The van der Waals surface area contributed by atoms with Crippen LogP contribution >= 0.6 is 0 Å². The van der Waals surface area contributed by atoms with E-state index in [1.54, 1.807) is 14.2 Å². The third-order valence-corrected chi connectivity index (χ3v) is 7.73. The average Bonchev–Trinajstić information content (AvgIpc) is 3.53. The minimum Gasteiger partial charge on any atom is -0.493 e. The normalized spacial score (nSPS) is 30.6. The molecule has 1 saturated heterocycles. The van der Waals surface area contributed by atoms with Gasteiger partial charge >= 0.3 is 0 Å². The lowest BCUT2D eigenvalue weighted by Crippen LogP contribution is -2.60. The van der Waals surface area contributed by atoms with Crippen LogP contribution < -0.4 is 9.47 Å². The number of fused-ring (bicyclic) bond motifs is 4. The molecule has 156 valence electrons. The van der Waals surface area contributed by atoms with E-state index < -0.39 is 0 Å². The van der Waals surface area contributed by atoms with Gasteiger partial charge in [-0.25, -0.2) is 0 Å². The first kappa shape index (κ1) is 20.0. The van der Waals surface area contributed by atoms with Gasteiger partial charge in [-0.15, -0.1) is 0 Å². The highest BCUT2D eigenvalue weighted by Crippen LogP contribution is 2.57. The van der Waals surface area contributed by atoms with E-state index in [1.165, 1.54) is 49.9 Å². The standard InChI is InChI=1S/C24H37NO3/c1-6-19-20-13-18-9-10-21(27-4)23(28-5)22(18)24(19,14-16(2)26-3)11-12-25(20)15-17-7-8-17/h9-10,16-17,19-20H,6-8,11-15H2,1-5H3. The van der Waals surface area contributed by atoms with Gasteiger partial charge in [-0.3, -0.25) is 4.90 Å². The summed E-state index contributed by atoms with van der Waals surface area (Å²) < 4.78 is 17.5. The van der Waals surface area contributed by atoms with Gasteiger partial charge in [-0.05, 0) is 69.0 Å². The summed E-state index contributed by atoms with van der Waals surface area (Å²) in [6, 6.07) is 5.02. The predicted octanol–water partition coefficient (Wildman–Crippen LogP) is 4.43. The summed E-state index contributed by atoms with van der Waals surface area (Å²) in [4.78, 5) is 2.82. The summed E-state index contributed by atoms with van der Waals surface area (Å²) >= 11 is 0. The number of rotatable bonds is 8. The molecule has 0 aromatic heterocycles. The molecular formula is C24H37NO3. The van der Waals surface area contributed by atoms with Crippen LogP contribution in [0.5, 0.6) is 11.5 Å². The summed E-state index contributed by atoms with van der Waals surface area (Å²) in [6.45, 7) is 7.07. The molecular weight excluding hydrogens is 350 g/mol. The Morgan fingerprint density at radius 3 is 2.57 bits per heavy atom. The monoisotopic (exact) mass is 387 g/mol. The van der Waals surface area contributed by atoms with E-state index in [2.05, 4.69) is 30.9 Å². The van der Waals surface area contributed by atoms with E-state index in [0.717, 1.165) is 30.3 Å². The van der Waals surface area contributed by atoms with Crippen molar-refractivity contribution in [1.29, 1.82) is 0 Å². The van der Waals surface area contributed by atoms with E-state index in [9.17, 15) is 0 Å². The molecule has 0 radical (unpaired) electrons. The highest BCUT2D eigenvalue weighted by atomic mass is 16.5. The first-order chi connectivity index (χ1) is 13.6. The van der Waals surface area contributed by atoms with Gasteiger partial charge in [0.15, 0.2) is 11.5 Å². The SMILES string of the molecule is CCC1C2Cc3ccc(OC)c(OC)c3C1(CC(C)OC)CCN2CC1CC1. The third-order valence-electron chi connectivity index (χ3n) is 7.73. The molecule has 1 saturated carbocycles. The molecule has 28 heavy (non-hydrogen) atoms. The minimum atomic E-state index is 0.0996. The average molecular weight is 388 g/mol. The Morgan fingerprint density at radius 1 is 1.18 bits per heavy atom. The van der Waals surface area contributed by atoms with Crippen molar-refractivity contribution in [1.82, 2.24) is 4.90 Å². The smallest absolute Gasteiger partial charge is 0.164 e. The van der Waals surface area contributed by atoms with E-state index in [0.29, 0.717) is 12.0 Å². The van der Waals surface area contributed by atoms with Crippen LogP contribution in [0.4, 0.5) is 0 Å². The van der Waals surface area contributed by atoms with Crippen LogP contribution in [0.1, 0.15) is 57.1 Å². The van der Waals surface area contributed by atoms with Gasteiger partial charge in [-0.2, -0.15) is 0 Å². The van der Waals surface area contributed by atoms with Crippen LogP contribution in [0, 0.1) is 11.8 Å². The Kier molecular flexibility index (Phi) is 5.63. The molecule has 4 atom stereocenters. The summed E-state index contributed by atoms with van der Waals surface area (Å²) in [5.41, 5.74) is 2.96. The molecule has 0 N–H and O–H groups in total. The van der Waals surface area contributed by atoms with Gasteiger partial charge in [0.05, 0.1) is 20.3 Å². The number of hydrogen-bond donors (Lipinski definition) is 0. The van der Waals surface area contributed by atoms with Gasteiger partial charge < -0.3 is 14.2 Å². The van der Waals surface area contributed by atoms with Crippen LogP contribution in [0.15, 0.2) is 12.1 Å². The van der Waals surface area contributed by atoms with Crippen LogP contribution in [0.25, 0.3) is 0 Å². The van der Waals surface area contributed by atoms with Gasteiger partial charge in [0.2, 0.25) is 0 Å². The van der Waals surface area contributed by atoms with Crippen LogP contribution in [-0.2, 0) is 16.6 Å². The number of ether oxygens (including phenoxy) is 3. The number of likely N-dealkylation sites (tertiary alicyclic amines) is 1. The largest absolute Gasteiger partial charge is 0.493 e. The second kappa shape index (κ2) is 7.87. The maximum atomic E-state index is 5.98. The van der Waals surface area contributed by atoms with E-state index in [4.69, 9.17) is 14.2 Å². The van der Waals surface area contributed by atoms with Crippen molar-refractivity contribution in [2.45, 2.75) is 69.9 Å². The molecule has 0 amide bonds. The molecule has 2 bridgehead atoms. The lowest BCUT2D eigenvalue weighted by atomic mass is 9.54. The zero-order chi connectivity index (χ0) is 19.9. The highest BCUT2D eigenvalue weighted by molar-refractivity contribution is 5.57. The fourth-order valence-corrected chi connectivity index (χ4v) is 6.28. The summed E-state index contributed by atoms with van der Waals surface area (Å²) in [5, 5.41) is 0. The lowest BCUT2D eigenvalue weighted by molar-refractivity contribution is -0.0220. The van der Waals surface area contributed by atoms with Crippen molar-refractivity contribution in [2.75, 3.05) is 34.4 Å². The Labute approximate surface area is 170 Å². The van der Waals surface area contributed by atoms with Crippen molar-refractivity contribution in [2.24, 2.45) is 11.8 Å². The Hall–Kier alpha value is -1.26. The number of nitrogens with zero attached hydrogens (tertiary/aromatic N) is 1. The number of piperidine rings is 1. The van der Waals surface area contributed by atoms with Crippen LogP contribution in [0.3, 0.4) is 0 Å². The molecule has 4 rings (SSSR count). The zero-order valence-electron chi connectivity index (χ0n) is 18.3. The Bertz CT molecular complexity index is 701. The van der Waals surface area contributed by atoms with Crippen molar-refractivity contribution >= 4 is 0 Å². The Morgan fingerprint density at radius 2 is 1.96 bits per heavy atom.